The van der Waals surface area contributed by atoms with Crippen LogP contribution in [-0.4, -0.2) is 50.1 Å². The van der Waals surface area contributed by atoms with E-state index in [1.807, 2.05) is 0 Å². The molecule has 6 nitrogen and oxygen atoms in total. The van der Waals surface area contributed by atoms with Gasteiger partial charge >= 0.3 is 19.5 Å². The van der Waals surface area contributed by atoms with Crippen molar-refractivity contribution >= 4 is 13.6 Å². The van der Waals surface area contributed by atoms with Gasteiger partial charge in [-0.1, -0.05) is 133 Å². The molecule has 210 valence electrons. The van der Waals surface area contributed by atoms with Crippen molar-refractivity contribution in [2.45, 2.75) is 145 Å². The fourth-order valence-corrected chi connectivity index (χ4v) is 2.54. The summed E-state index contributed by atoms with van der Waals surface area (Å²) in [5.41, 5.74) is 0.149. The Morgan fingerprint density at radius 3 is 1.03 bits per heavy atom. The molecule has 0 saturated carbocycles. The van der Waals surface area contributed by atoms with Crippen LogP contribution in [0.25, 0.3) is 21.3 Å². The Bertz CT molecular complexity index is 388. The zero-order valence-electron chi connectivity index (χ0n) is 25.1. The van der Waals surface area contributed by atoms with Crippen LogP contribution >= 0.6 is 0 Å². The molecule has 0 bridgehead atoms. The zero-order valence-corrected chi connectivity index (χ0v) is 26.8. The van der Waals surface area contributed by atoms with Gasteiger partial charge in [0.15, 0.2) is 0 Å². The second-order valence-corrected chi connectivity index (χ2v) is 10.0. The molecule has 0 aliphatic carbocycles. The van der Waals surface area contributed by atoms with Gasteiger partial charge in [-0.15, -0.1) is 11.1 Å². The molecule has 35 heavy (non-hydrogen) atoms. The van der Waals surface area contributed by atoms with E-state index in [0.717, 1.165) is 51.6 Å². The monoisotopic (exact) mass is 584 g/mol. The largest absolute Gasteiger partial charge is 6.00 e. The van der Waals surface area contributed by atoms with Gasteiger partial charge in [-0.2, -0.15) is 13.1 Å². The molecule has 0 saturated heterocycles. The summed E-state index contributed by atoms with van der Waals surface area (Å²) in [7, 11) is 0. The van der Waals surface area contributed by atoms with Crippen molar-refractivity contribution in [3.8, 4) is 0 Å². The first-order chi connectivity index (χ1) is 15.9. The molecule has 0 fully saturated rings. The summed E-state index contributed by atoms with van der Waals surface area (Å²) < 4.78 is 0. The third-order valence-electron chi connectivity index (χ3n) is 6.08. The summed E-state index contributed by atoms with van der Waals surface area (Å²) in [4.78, 5) is 15.5. The minimum absolute atomic E-state index is 0. The van der Waals surface area contributed by atoms with E-state index in [4.69, 9.17) is 20.2 Å². The van der Waals surface area contributed by atoms with E-state index in [1.54, 1.807) is 0 Å². The molecular formula is C28H58N4O2Ru. The Hall–Kier alpha value is -0.197. The maximum atomic E-state index is 7.75. The van der Waals surface area contributed by atoms with Crippen LogP contribution in [0.2, 0.25) is 0 Å². The Labute approximate surface area is 233 Å². The molecule has 0 spiro atoms. The molecule has 0 radical (unpaired) electrons. The van der Waals surface area contributed by atoms with E-state index in [9.17, 15) is 0 Å². The summed E-state index contributed by atoms with van der Waals surface area (Å²) in [6.45, 7) is 34.8. The van der Waals surface area contributed by atoms with Crippen LogP contribution in [-0.2, 0) is 29.1 Å². The molecule has 0 heterocycles. The number of rotatable bonds is 16. The van der Waals surface area contributed by atoms with Gasteiger partial charge in [-0.3, -0.25) is 13.6 Å². The number of nitrogens with zero attached hydrogens (tertiary/aromatic N) is 4. The van der Waals surface area contributed by atoms with Gasteiger partial charge in [0.25, 0.3) is 0 Å². The van der Waals surface area contributed by atoms with Crippen molar-refractivity contribution in [1.82, 2.24) is 0 Å². The molecule has 0 N–H and O–H groups in total. The number of carbonyl (C=O) groups excluding carboxylic acids is 2. The number of hydrogen-bond donors (Lipinski definition) is 0. The van der Waals surface area contributed by atoms with Gasteiger partial charge in [0, 0.05) is 0 Å². The van der Waals surface area contributed by atoms with E-state index < -0.39 is 0 Å². The van der Waals surface area contributed by atoms with Crippen LogP contribution in [0.15, 0.2) is 0 Å². The van der Waals surface area contributed by atoms with Gasteiger partial charge in [0.1, 0.15) is 0 Å². The minimum atomic E-state index is 0. The molecule has 4 atom stereocenters. The Morgan fingerprint density at radius 1 is 0.600 bits per heavy atom. The first-order valence-electron chi connectivity index (χ1n) is 13.2. The Balaban J connectivity index is -0.000000146. The first kappa shape index (κ1) is 44.8. The quantitative estimate of drug-likeness (QED) is 0.103. The van der Waals surface area contributed by atoms with E-state index in [2.05, 4.69) is 107 Å². The maximum absolute atomic E-state index is 7.75. The second kappa shape index (κ2) is 28.4. The third-order valence-corrected chi connectivity index (χ3v) is 6.08. The van der Waals surface area contributed by atoms with Crippen molar-refractivity contribution in [3.05, 3.63) is 21.3 Å². The second-order valence-electron chi connectivity index (χ2n) is 10.0. The van der Waals surface area contributed by atoms with Crippen molar-refractivity contribution in [3.63, 3.8) is 0 Å². The minimum Gasteiger partial charge on any atom is -0.678 e. The van der Waals surface area contributed by atoms with E-state index in [-0.39, 0.29) is 42.9 Å². The summed E-state index contributed by atoms with van der Waals surface area (Å²) in [6, 6.07) is 0. The zero-order chi connectivity index (χ0) is 27.8. The third kappa shape index (κ3) is 26.7. The molecule has 4 unspecified atom stereocenters. The Morgan fingerprint density at radius 2 is 0.857 bits per heavy atom. The van der Waals surface area contributed by atoms with Crippen molar-refractivity contribution < 1.29 is 29.1 Å². The normalized spacial score (nSPS) is 14.3. The van der Waals surface area contributed by atoms with Crippen LogP contribution in [0.1, 0.15) is 122 Å². The molecule has 7 heteroatoms. The molecular weight excluding hydrogens is 525 g/mol. The summed E-state index contributed by atoms with van der Waals surface area (Å²) in [5, 5.41) is 19.1. The summed E-state index contributed by atoms with van der Waals surface area (Å²) in [5.74, 6) is 1.14. The van der Waals surface area contributed by atoms with E-state index in [1.165, 1.54) is 0 Å². The van der Waals surface area contributed by atoms with Crippen molar-refractivity contribution in [2.24, 2.45) is 11.8 Å². The maximum Gasteiger partial charge on any atom is 6.00 e. The number of hydrogen-bond acceptors (Lipinski definition) is 2. The smallest absolute Gasteiger partial charge is 0.678 e. The fourth-order valence-electron chi connectivity index (χ4n) is 2.54. The van der Waals surface area contributed by atoms with Gasteiger partial charge in [0.05, 0.1) is 0 Å². The van der Waals surface area contributed by atoms with Crippen LogP contribution in [0.5, 0.6) is 0 Å². The fraction of sp³-hybridized carbons (Fsp3) is 0.929. The Kier molecular flexibility index (Phi) is 36.3. The van der Waals surface area contributed by atoms with Gasteiger partial charge < -0.3 is 30.9 Å². The van der Waals surface area contributed by atoms with E-state index in [0.29, 0.717) is 11.8 Å². The first-order valence-corrected chi connectivity index (χ1v) is 13.2. The van der Waals surface area contributed by atoms with Crippen molar-refractivity contribution in [2.75, 3.05) is 13.1 Å². The summed E-state index contributed by atoms with van der Waals surface area (Å²) >= 11 is 0. The molecule has 0 aliphatic heterocycles. The van der Waals surface area contributed by atoms with Crippen LogP contribution < -0.4 is 0 Å². The average Bonchev–Trinajstić information content (AvgIpc) is 2.86. The standard InChI is InChI=1S/2C13H28N2.2CHO.Ru/c2*1-7-10-14-12(11(4)8-2)15-13(5,6)9-3;2*1-2;/h2*11-12H,7-10H2,1-6H3;2*1H;/q2*-2;2*-1;+6. The topological polar surface area (TPSA) is 90.5 Å². The average molecular weight is 584 g/mol. The summed E-state index contributed by atoms with van der Waals surface area (Å²) in [6.07, 6.45) is 7.12. The van der Waals surface area contributed by atoms with Crippen LogP contribution in [0.4, 0.5) is 0 Å². The molecule has 0 amide bonds. The van der Waals surface area contributed by atoms with Gasteiger partial charge in [-0.05, 0) is 0 Å². The predicted octanol–water partition coefficient (Wildman–Crippen LogP) is 8.86. The SMILES string of the molecule is CCC[N-]C([N-]C(C)(C)CC)C(C)CC.CCC[N-]C([N-]C(C)(C)CC)C(C)CC.[CH-]=O.[CH-]=O.[Ru+6]. The molecule has 0 aromatic heterocycles. The van der Waals surface area contributed by atoms with Crippen LogP contribution in [0.3, 0.4) is 0 Å². The van der Waals surface area contributed by atoms with Gasteiger partial charge in [-0.25, -0.2) is 12.3 Å². The molecule has 0 rings (SSSR count). The van der Waals surface area contributed by atoms with Gasteiger partial charge in [0.2, 0.25) is 0 Å². The molecule has 0 aromatic rings. The molecule has 0 aliphatic rings. The molecule has 0 aromatic carbocycles. The predicted molar refractivity (Wildman–Crippen MR) is 152 cm³/mol. The van der Waals surface area contributed by atoms with E-state index >= 15 is 0 Å². The van der Waals surface area contributed by atoms with Crippen molar-refractivity contribution in [1.29, 1.82) is 0 Å². The van der Waals surface area contributed by atoms with Crippen LogP contribution in [0, 0.1) is 11.8 Å².